The number of hydrogen-bond acceptors (Lipinski definition) is 5. The number of carboxylic acids is 1. The zero-order valence-corrected chi connectivity index (χ0v) is 21.1. The van der Waals surface area contributed by atoms with E-state index in [1.165, 1.54) is 36.7 Å². The Labute approximate surface area is 203 Å². The van der Waals surface area contributed by atoms with E-state index in [4.69, 9.17) is 9.84 Å². The number of aliphatic carboxylic acids is 1. The van der Waals surface area contributed by atoms with Crippen molar-refractivity contribution in [2.75, 3.05) is 23.5 Å². The molecular weight excluding hydrogens is 464 g/mol. The summed E-state index contributed by atoms with van der Waals surface area (Å²) in [5.41, 5.74) is 1.86. The highest BCUT2D eigenvalue weighted by molar-refractivity contribution is 7.99. The molecule has 0 amide bonds. The zero-order chi connectivity index (χ0) is 24.4. The number of benzene rings is 2. The molecule has 1 aliphatic rings. The van der Waals surface area contributed by atoms with Crippen LogP contribution < -0.4 is 9.64 Å². The molecule has 0 radical (unpaired) electrons. The molecule has 2 aromatic rings. The molecule has 0 aliphatic carbocycles. The van der Waals surface area contributed by atoms with E-state index in [1.807, 2.05) is 18.4 Å². The van der Waals surface area contributed by atoms with Crippen molar-refractivity contribution in [2.24, 2.45) is 5.92 Å². The third kappa shape index (κ3) is 7.67. The summed E-state index contributed by atoms with van der Waals surface area (Å²) in [6.45, 7) is 7.30. The van der Waals surface area contributed by atoms with Gasteiger partial charge in [-0.3, -0.25) is 0 Å². The van der Waals surface area contributed by atoms with Crippen molar-refractivity contribution in [3.8, 4) is 5.75 Å². The molecule has 0 saturated heterocycles. The predicted octanol–water partition coefficient (Wildman–Crippen LogP) is 7.90. The Morgan fingerprint density at radius 1 is 1.24 bits per heavy atom. The molecule has 1 atom stereocenters. The van der Waals surface area contributed by atoms with E-state index >= 15 is 0 Å². The second kappa shape index (κ2) is 13.5. The van der Waals surface area contributed by atoms with Crippen LogP contribution >= 0.6 is 23.5 Å². The van der Waals surface area contributed by atoms with Gasteiger partial charge in [0.1, 0.15) is 17.8 Å². The molecule has 1 heterocycles. The number of hydrogen-bond donors (Lipinski definition) is 1. The fourth-order valence-electron chi connectivity index (χ4n) is 3.00. The van der Waals surface area contributed by atoms with E-state index in [0.29, 0.717) is 17.9 Å². The largest absolute Gasteiger partial charge is 0.476 e. The lowest BCUT2D eigenvalue weighted by molar-refractivity contribution is -0.134. The van der Waals surface area contributed by atoms with Gasteiger partial charge >= 0.3 is 5.97 Å². The van der Waals surface area contributed by atoms with Crippen molar-refractivity contribution < 1.29 is 23.4 Å². The number of anilines is 2. The lowest BCUT2D eigenvalue weighted by atomic mass is 10.1. The van der Waals surface area contributed by atoms with Gasteiger partial charge in [-0.1, -0.05) is 40.0 Å². The maximum Gasteiger partial charge on any atom is 0.368 e. The normalized spacial score (nSPS) is 15.8. The Bertz CT molecular complexity index is 949. The highest BCUT2D eigenvalue weighted by Crippen LogP contribution is 2.45. The maximum atomic E-state index is 13.4. The minimum atomic E-state index is -1.67. The van der Waals surface area contributed by atoms with Gasteiger partial charge in [-0.05, 0) is 48.6 Å². The van der Waals surface area contributed by atoms with E-state index in [9.17, 15) is 13.6 Å². The van der Waals surface area contributed by atoms with Gasteiger partial charge < -0.3 is 14.7 Å². The van der Waals surface area contributed by atoms with Gasteiger partial charge in [0.2, 0.25) is 5.83 Å². The number of nitrogens with zero attached hydrogens (tertiary/aromatic N) is 1. The third-order valence-corrected chi connectivity index (χ3v) is 7.20. The van der Waals surface area contributed by atoms with Gasteiger partial charge in [0.15, 0.2) is 0 Å². The van der Waals surface area contributed by atoms with E-state index < -0.39 is 11.8 Å². The molecule has 8 heteroatoms. The molecule has 2 aromatic carbocycles. The number of fused-ring (bicyclic) bond motifs is 1. The number of thioether (sulfide) groups is 2. The molecule has 0 spiro atoms. The van der Waals surface area contributed by atoms with Crippen LogP contribution in [-0.2, 0) is 4.79 Å². The molecule has 1 N–H and O–H groups in total. The van der Waals surface area contributed by atoms with Crippen molar-refractivity contribution in [1.29, 1.82) is 0 Å². The number of halogens is 2. The number of unbranched alkanes of at least 4 members (excludes halogenated alkanes) is 1. The summed E-state index contributed by atoms with van der Waals surface area (Å²) in [4.78, 5) is 14.5. The molecular formula is C25H31F2NO3S2. The van der Waals surface area contributed by atoms with Gasteiger partial charge in [-0.15, -0.1) is 23.5 Å². The monoisotopic (exact) mass is 495 g/mol. The lowest BCUT2D eigenvalue weighted by Gasteiger charge is -2.28. The molecule has 0 aromatic heterocycles. The topological polar surface area (TPSA) is 49.8 Å². The van der Waals surface area contributed by atoms with Crippen LogP contribution in [0.2, 0.25) is 0 Å². The standard InChI is InChI=1S/C21H21F2NO3S2.C4H10/c1-3-13-10-24(15-6-4-14(22)5-7-15)17-8-20(28-2)18(9-19(17)29-12-13)27-11-16(23)21(25)26;1-3-4-2/h4-9,11,13H,3,10,12H2,1-2H3,(H,25,26);3-4H2,1-2H3/b16-11-;. The smallest absolute Gasteiger partial charge is 0.368 e. The number of ether oxygens (including phenoxy) is 1. The van der Waals surface area contributed by atoms with E-state index in [-0.39, 0.29) is 5.82 Å². The van der Waals surface area contributed by atoms with Gasteiger partial charge in [0.25, 0.3) is 0 Å². The van der Waals surface area contributed by atoms with Gasteiger partial charge in [0, 0.05) is 22.9 Å². The van der Waals surface area contributed by atoms with Gasteiger partial charge in [-0.2, -0.15) is 4.39 Å². The Hall–Kier alpha value is -2.19. The Morgan fingerprint density at radius 3 is 2.45 bits per heavy atom. The first-order valence-electron chi connectivity index (χ1n) is 11.0. The first-order valence-corrected chi connectivity index (χ1v) is 13.2. The quantitative estimate of drug-likeness (QED) is 0.239. The van der Waals surface area contributed by atoms with Crippen molar-refractivity contribution in [2.45, 2.75) is 49.8 Å². The first-order chi connectivity index (χ1) is 15.8. The summed E-state index contributed by atoms with van der Waals surface area (Å²) >= 11 is 3.10. The van der Waals surface area contributed by atoms with Crippen molar-refractivity contribution >= 4 is 40.9 Å². The molecule has 1 aliphatic heterocycles. The average molecular weight is 496 g/mol. The second-order valence-electron chi connectivity index (χ2n) is 7.53. The average Bonchev–Trinajstić information content (AvgIpc) is 3.01. The minimum Gasteiger partial charge on any atom is -0.476 e. The molecule has 33 heavy (non-hydrogen) atoms. The van der Waals surface area contributed by atoms with E-state index in [0.717, 1.165) is 39.9 Å². The number of carbonyl (C=O) groups is 1. The summed E-state index contributed by atoms with van der Waals surface area (Å²) in [6.07, 6.45) is 6.12. The van der Waals surface area contributed by atoms with E-state index in [2.05, 4.69) is 25.7 Å². The minimum absolute atomic E-state index is 0.286. The van der Waals surface area contributed by atoms with Crippen molar-refractivity contribution in [1.82, 2.24) is 0 Å². The summed E-state index contributed by atoms with van der Waals surface area (Å²) in [6, 6.07) is 10.2. The Balaban J connectivity index is 0.000000890. The van der Waals surface area contributed by atoms with Crippen LogP contribution in [0.25, 0.3) is 0 Å². The maximum absolute atomic E-state index is 13.4. The zero-order valence-electron chi connectivity index (χ0n) is 19.4. The molecule has 0 fully saturated rings. The summed E-state index contributed by atoms with van der Waals surface area (Å²) in [5.74, 6) is -1.59. The van der Waals surface area contributed by atoms with Crippen molar-refractivity contribution in [3.05, 3.63) is 54.3 Å². The van der Waals surface area contributed by atoms with Crippen LogP contribution in [0, 0.1) is 11.7 Å². The number of rotatable bonds is 7. The fourth-order valence-corrected chi connectivity index (χ4v) is 4.81. The number of carboxylic acid groups (broad SMARTS) is 1. The van der Waals surface area contributed by atoms with Crippen LogP contribution in [0.3, 0.4) is 0 Å². The molecule has 3 rings (SSSR count). The lowest BCUT2D eigenvalue weighted by Crippen LogP contribution is -2.24. The van der Waals surface area contributed by atoms with Crippen LogP contribution in [0.4, 0.5) is 20.2 Å². The Morgan fingerprint density at radius 2 is 1.91 bits per heavy atom. The third-order valence-electron chi connectivity index (χ3n) is 5.16. The molecule has 180 valence electrons. The summed E-state index contributed by atoms with van der Waals surface area (Å²) in [5, 5.41) is 8.69. The predicted molar refractivity (Wildman–Crippen MR) is 134 cm³/mol. The summed E-state index contributed by atoms with van der Waals surface area (Å²) in [7, 11) is 0. The van der Waals surface area contributed by atoms with Gasteiger partial charge in [-0.25, -0.2) is 9.18 Å². The van der Waals surface area contributed by atoms with Crippen molar-refractivity contribution in [3.63, 3.8) is 0 Å². The van der Waals surface area contributed by atoms with Crippen LogP contribution in [0.1, 0.15) is 40.0 Å². The van der Waals surface area contributed by atoms with Crippen LogP contribution in [0.15, 0.2) is 58.3 Å². The molecule has 0 bridgehead atoms. The van der Waals surface area contributed by atoms with Crippen LogP contribution in [0.5, 0.6) is 5.75 Å². The Kier molecular flexibility index (Phi) is 11.1. The van der Waals surface area contributed by atoms with Crippen LogP contribution in [-0.4, -0.2) is 29.6 Å². The molecule has 4 nitrogen and oxygen atoms in total. The molecule has 0 saturated carbocycles. The van der Waals surface area contributed by atoms with Gasteiger partial charge in [0.05, 0.1) is 10.6 Å². The first kappa shape index (κ1) is 27.1. The SMILES string of the molecule is CCC1CSc2cc(O/C=C(\F)C(=O)O)c(SC)cc2N(c2ccc(F)cc2)C1.CCCC. The highest BCUT2D eigenvalue weighted by Gasteiger charge is 2.25. The second-order valence-corrected chi connectivity index (χ2v) is 9.44. The highest BCUT2D eigenvalue weighted by atomic mass is 32.2. The summed E-state index contributed by atoms with van der Waals surface area (Å²) < 4.78 is 32.1. The fraction of sp³-hybridized carbons (Fsp3) is 0.400. The molecule has 1 unspecified atom stereocenters. The van der Waals surface area contributed by atoms with E-state index in [1.54, 1.807) is 23.9 Å².